The summed E-state index contributed by atoms with van der Waals surface area (Å²) in [5, 5.41) is 0. The number of aromatic nitrogens is 1. The molecule has 0 aliphatic rings. The van der Waals surface area contributed by atoms with Crippen LogP contribution in [0, 0.1) is 11.8 Å². The lowest BCUT2D eigenvalue weighted by molar-refractivity contribution is -0.103. The molecule has 1 heterocycles. The maximum atomic E-state index is 11.3. The summed E-state index contributed by atoms with van der Waals surface area (Å²) < 4.78 is 4.79. The van der Waals surface area contributed by atoms with E-state index in [0.717, 1.165) is 0 Å². The molecule has 0 bridgehead atoms. The molecule has 0 aliphatic carbocycles. The van der Waals surface area contributed by atoms with Crippen LogP contribution in [0.4, 0.5) is 0 Å². The lowest BCUT2D eigenvalue weighted by Gasteiger charge is -2.00. The topological polar surface area (TPSA) is 56.3 Å². The van der Waals surface area contributed by atoms with E-state index < -0.39 is 5.97 Å². The van der Waals surface area contributed by atoms with Gasteiger partial charge in [0.25, 0.3) is 0 Å². The number of pyridine rings is 1. The molecule has 1 rings (SSSR count). The van der Waals surface area contributed by atoms with E-state index in [1.54, 1.807) is 6.92 Å². The molecule has 76 valence electrons. The van der Waals surface area contributed by atoms with Crippen LogP contribution in [-0.4, -0.2) is 23.8 Å². The van der Waals surface area contributed by atoms with E-state index in [-0.39, 0.29) is 0 Å². The Hall–Kier alpha value is -2.15. The Labute approximate surface area is 87.3 Å². The SMILES string of the molecule is CCOC(=O)c1cncc(C#CC=O)c1. The number of hydrogen-bond donors (Lipinski definition) is 0. The summed E-state index contributed by atoms with van der Waals surface area (Å²) in [6.07, 6.45) is 3.35. The van der Waals surface area contributed by atoms with E-state index in [9.17, 15) is 9.59 Å². The van der Waals surface area contributed by atoms with Crippen LogP contribution in [0.25, 0.3) is 0 Å². The molecule has 0 aromatic carbocycles. The second-order valence-electron chi connectivity index (χ2n) is 2.57. The Bertz CT molecular complexity index is 429. The minimum atomic E-state index is -0.445. The van der Waals surface area contributed by atoms with E-state index in [0.29, 0.717) is 24.0 Å². The molecular weight excluding hydrogens is 194 g/mol. The second-order valence-corrected chi connectivity index (χ2v) is 2.57. The Morgan fingerprint density at radius 1 is 1.60 bits per heavy atom. The molecule has 0 spiro atoms. The van der Waals surface area contributed by atoms with Crippen molar-refractivity contribution in [3.05, 3.63) is 29.6 Å². The quantitative estimate of drug-likeness (QED) is 0.405. The zero-order valence-electron chi connectivity index (χ0n) is 8.19. The molecule has 0 radical (unpaired) electrons. The fraction of sp³-hybridized carbons (Fsp3) is 0.182. The van der Waals surface area contributed by atoms with Crippen molar-refractivity contribution in [2.75, 3.05) is 6.61 Å². The number of esters is 1. The van der Waals surface area contributed by atoms with Gasteiger partial charge in [0.05, 0.1) is 12.2 Å². The summed E-state index contributed by atoms with van der Waals surface area (Å²) in [5.41, 5.74) is 0.835. The lowest BCUT2D eigenvalue weighted by Crippen LogP contribution is -2.05. The van der Waals surface area contributed by atoms with Crippen LogP contribution >= 0.6 is 0 Å². The number of nitrogens with zero attached hydrogens (tertiary/aromatic N) is 1. The number of hydrogen-bond acceptors (Lipinski definition) is 4. The third-order valence-electron chi connectivity index (χ3n) is 1.52. The first-order valence-electron chi connectivity index (χ1n) is 4.35. The van der Waals surface area contributed by atoms with Crippen molar-refractivity contribution in [3.8, 4) is 11.8 Å². The van der Waals surface area contributed by atoms with Gasteiger partial charge in [-0.3, -0.25) is 9.78 Å². The standard InChI is InChI=1S/C11H9NO3/c1-2-15-11(14)10-6-9(4-3-5-13)7-12-8-10/h5-8H,2H2,1H3. The smallest absolute Gasteiger partial charge is 0.339 e. The normalized spacial score (nSPS) is 8.60. The van der Waals surface area contributed by atoms with Gasteiger partial charge in [0.1, 0.15) is 0 Å². The zero-order valence-corrected chi connectivity index (χ0v) is 8.19. The van der Waals surface area contributed by atoms with Gasteiger partial charge in [0.15, 0.2) is 6.29 Å². The third-order valence-corrected chi connectivity index (χ3v) is 1.52. The van der Waals surface area contributed by atoms with E-state index in [1.807, 2.05) is 0 Å². The van der Waals surface area contributed by atoms with Crippen molar-refractivity contribution in [1.29, 1.82) is 0 Å². The molecule has 4 heteroatoms. The monoisotopic (exact) mass is 203 g/mol. The molecule has 0 saturated heterocycles. The Kier molecular flexibility index (Phi) is 4.05. The summed E-state index contributed by atoms with van der Waals surface area (Å²) >= 11 is 0. The third kappa shape index (κ3) is 3.24. The molecular formula is C11H9NO3. The number of carbonyl (C=O) groups excluding carboxylic acids is 2. The van der Waals surface area contributed by atoms with E-state index in [4.69, 9.17) is 4.74 Å². The molecule has 0 atom stereocenters. The minimum Gasteiger partial charge on any atom is -0.462 e. The molecule has 0 fully saturated rings. The summed E-state index contributed by atoms with van der Waals surface area (Å²) in [7, 11) is 0. The largest absolute Gasteiger partial charge is 0.462 e. The Balaban J connectivity index is 2.92. The highest BCUT2D eigenvalue weighted by atomic mass is 16.5. The number of rotatable bonds is 2. The van der Waals surface area contributed by atoms with Crippen LogP contribution in [-0.2, 0) is 9.53 Å². The summed E-state index contributed by atoms with van der Waals surface area (Å²) in [4.78, 5) is 25.1. The Morgan fingerprint density at radius 3 is 3.07 bits per heavy atom. The predicted octanol–water partition coefficient (Wildman–Crippen LogP) is 0.809. The van der Waals surface area contributed by atoms with E-state index >= 15 is 0 Å². The molecule has 0 amide bonds. The van der Waals surface area contributed by atoms with E-state index in [1.165, 1.54) is 18.5 Å². The van der Waals surface area contributed by atoms with Crippen LogP contribution in [0.1, 0.15) is 22.8 Å². The zero-order chi connectivity index (χ0) is 11.1. The van der Waals surface area contributed by atoms with Crippen molar-refractivity contribution >= 4 is 12.3 Å². The highest BCUT2D eigenvalue weighted by Crippen LogP contribution is 2.03. The van der Waals surface area contributed by atoms with Gasteiger partial charge >= 0.3 is 5.97 Å². The maximum Gasteiger partial charge on any atom is 0.339 e. The first-order valence-corrected chi connectivity index (χ1v) is 4.35. The molecule has 0 aliphatic heterocycles. The molecule has 0 saturated carbocycles. The van der Waals surface area contributed by atoms with Crippen LogP contribution in [0.2, 0.25) is 0 Å². The maximum absolute atomic E-state index is 11.3. The average Bonchev–Trinajstić information content (AvgIpc) is 2.27. The molecule has 0 N–H and O–H groups in total. The van der Waals surface area contributed by atoms with Gasteiger partial charge in [-0.05, 0) is 18.9 Å². The summed E-state index contributed by atoms with van der Waals surface area (Å²) in [6, 6.07) is 1.53. The fourth-order valence-electron chi connectivity index (χ4n) is 0.947. The molecule has 1 aromatic heterocycles. The molecule has 0 unspecified atom stereocenters. The van der Waals surface area contributed by atoms with E-state index in [2.05, 4.69) is 16.8 Å². The highest BCUT2D eigenvalue weighted by molar-refractivity contribution is 5.89. The minimum absolute atomic E-state index is 0.309. The lowest BCUT2D eigenvalue weighted by atomic mass is 10.2. The van der Waals surface area contributed by atoms with Gasteiger partial charge in [-0.25, -0.2) is 4.79 Å². The van der Waals surface area contributed by atoms with Crippen LogP contribution in [0.5, 0.6) is 0 Å². The van der Waals surface area contributed by atoms with Crippen LogP contribution in [0.15, 0.2) is 18.5 Å². The van der Waals surface area contributed by atoms with Crippen molar-refractivity contribution in [2.45, 2.75) is 6.92 Å². The number of ether oxygens (including phenoxy) is 1. The Morgan fingerprint density at radius 2 is 2.40 bits per heavy atom. The predicted molar refractivity (Wildman–Crippen MR) is 53.1 cm³/mol. The summed E-state index contributed by atoms with van der Waals surface area (Å²) in [5.74, 6) is 4.34. The fourth-order valence-corrected chi connectivity index (χ4v) is 0.947. The van der Waals surface area contributed by atoms with Crippen LogP contribution in [0.3, 0.4) is 0 Å². The van der Waals surface area contributed by atoms with Gasteiger partial charge in [-0.1, -0.05) is 5.92 Å². The van der Waals surface area contributed by atoms with Crippen molar-refractivity contribution in [3.63, 3.8) is 0 Å². The second kappa shape index (κ2) is 5.55. The van der Waals surface area contributed by atoms with Crippen molar-refractivity contribution in [2.24, 2.45) is 0 Å². The number of carbonyl (C=O) groups is 2. The first kappa shape index (κ1) is 10.9. The molecule has 1 aromatic rings. The van der Waals surface area contributed by atoms with Gasteiger partial charge in [-0.2, -0.15) is 0 Å². The first-order chi connectivity index (χ1) is 7.27. The van der Waals surface area contributed by atoms with Gasteiger partial charge in [0, 0.05) is 18.0 Å². The molecule has 15 heavy (non-hydrogen) atoms. The van der Waals surface area contributed by atoms with Gasteiger partial charge < -0.3 is 4.74 Å². The molecule has 4 nitrogen and oxygen atoms in total. The average molecular weight is 203 g/mol. The van der Waals surface area contributed by atoms with Gasteiger partial charge in [0.2, 0.25) is 0 Å². The van der Waals surface area contributed by atoms with Crippen molar-refractivity contribution in [1.82, 2.24) is 4.98 Å². The highest BCUT2D eigenvalue weighted by Gasteiger charge is 2.06. The van der Waals surface area contributed by atoms with Crippen LogP contribution < -0.4 is 0 Å². The van der Waals surface area contributed by atoms with Crippen molar-refractivity contribution < 1.29 is 14.3 Å². The summed E-state index contributed by atoms with van der Waals surface area (Å²) in [6.45, 7) is 2.03. The van der Waals surface area contributed by atoms with Gasteiger partial charge in [-0.15, -0.1) is 0 Å². The number of aldehydes is 1.